The summed E-state index contributed by atoms with van der Waals surface area (Å²) in [6.45, 7) is 4.50. The van der Waals surface area contributed by atoms with E-state index in [0.717, 1.165) is 17.5 Å². The molecule has 0 aliphatic rings. The molecule has 0 heterocycles. The summed E-state index contributed by atoms with van der Waals surface area (Å²) in [7, 11) is 0. The average Bonchev–Trinajstić information content (AvgIpc) is 2.66. The van der Waals surface area contributed by atoms with Gasteiger partial charge in [-0.3, -0.25) is 9.59 Å². The van der Waals surface area contributed by atoms with Gasteiger partial charge in [-0.05, 0) is 43.2 Å². The summed E-state index contributed by atoms with van der Waals surface area (Å²) < 4.78 is 5.46. The van der Waals surface area contributed by atoms with E-state index in [-0.39, 0.29) is 12.5 Å². The molecule has 2 rings (SSSR count). The van der Waals surface area contributed by atoms with Gasteiger partial charge in [-0.25, -0.2) is 5.43 Å². The van der Waals surface area contributed by atoms with Crippen LogP contribution in [0.4, 0.5) is 0 Å². The first kappa shape index (κ1) is 19.2. The number of amides is 2. The van der Waals surface area contributed by atoms with Crippen LogP contribution in [0, 0.1) is 6.92 Å². The van der Waals surface area contributed by atoms with Crippen LogP contribution in [0.3, 0.4) is 0 Å². The molecule has 6 heteroatoms. The zero-order chi connectivity index (χ0) is 18.8. The van der Waals surface area contributed by atoms with Gasteiger partial charge in [0, 0.05) is 5.56 Å². The molecule has 0 radical (unpaired) electrons. The molecule has 0 aliphatic heterocycles. The normalized spacial score (nSPS) is 10.5. The van der Waals surface area contributed by atoms with E-state index >= 15 is 0 Å². The zero-order valence-corrected chi connectivity index (χ0v) is 15.0. The second-order valence-corrected chi connectivity index (χ2v) is 5.76. The van der Waals surface area contributed by atoms with E-state index in [1.54, 1.807) is 30.5 Å². The summed E-state index contributed by atoms with van der Waals surface area (Å²) in [5.41, 5.74) is 4.88. The first-order valence-electron chi connectivity index (χ1n) is 8.48. The Hall–Kier alpha value is -3.15. The fourth-order valence-electron chi connectivity index (χ4n) is 2.06. The highest BCUT2D eigenvalue weighted by molar-refractivity contribution is 5.96. The smallest absolute Gasteiger partial charge is 0.259 e. The fraction of sp³-hybridized carbons (Fsp3) is 0.250. The number of nitrogens with zero attached hydrogens (tertiary/aromatic N) is 1. The maximum Gasteiger partial charge on any atom is 0.259 e. The molecule has 0 fully saturated rings. The predicted octanol–water partition coefficient (Wildman–Crippen LogP) is 2.66. The van der Waals surface area contributed by atoms with E-state index in [9.17, 15) is 9.59 Å². The lowest BCUT2D eigenvalue weighted by Crippen LogP contribution is -2.34. The topological polar surface area (TPSA) is 79.8 Å². The second kappa shape index (κ2) is 9.98. The van der Waals surface area contributed by atoms with Gasteiger partial charge in [-0.2, -0.15) is 5.10 Å². The molecule has 2 N–H and O–H groups in total. The van der Waals surface area contributed by atoms with Gasteiger partial charge in [-0.1, -0.05) is 36.8 Å². The molecule has 0 bridgehead atoms. The van der Waals surface area contributed by atoms with Crippen LogP contribution in [0.1, 0.15) is 34.8 Å². The summed E-state index contributed by atoms with van der Waals surface area (Å²) in [5, 5.41) is 6.42. The third kappa shape index (κ3) is 6.39. The van der Waals surface area contributed by atoms with E-state index in [0.29, 0.717) is 17.9 Å². The van der Waals surface area contributed by atoms with E-state index in [1.807, 2.05) is 38.1 Å². The highest BCUT2D eigenvalue weighted by Gasteiger charge is 2.07. The van der Waals surface area contributed by atoms with E-state index in [2.05, 4.69) is 15.8 Å². The first-order valence-corrected chi connectivity index (χ1v) is 8.48. The maximum absolute atomic E-state index is 12.0. The lowest BCUT2D eigenvalue weighted by atomic mass is 10.2. The van der Waals surface area contributed by atoms with E-state index < -0.39 is 5.91 Å². The Morgan fingerprint density at radius 3 is 2.42 bits per heavy atom. The van der Waals surface area contributed by atoms with Gasteiger partial charge in [0.05, 0.1) is 19.4 Å². The SMILES string of the molecule is CCCOc1ccc(C(=O)NCC(=O)N/N=C\c2ccc(C)cc2)cc1. The molecule has 26 heavy (non-hydrogen) atoms. The van der Waals surface area contributed by atoms with Crippen molar-refractivity contribution in [1.29, 1.82) is 0 Å². The molecule has 0 spiro atoms. The highest BCUT2D eigenvalue weighted by atomic mass is 16.5. The Kier molecular flexibility index (Phi) is 7.36. The monoisotopic (exact) mass is 353 g/mol. The van der Waals surface area contributed by atoms with Gasteiger partial charge < -0.3 is 10.1 Å². The van der Waals surface area contributed by atoms with E-state index in [4.69, 9.17) is 4.74 Å². The second-order valence-electron chi connectivity index (χ2n) is 5.76. The number of carbonyl (C=O) groups excluding carboxylic acids is 2. The summed E-state index contributed by atoms with van der Waals surface area (Å²) >= 11 is 0. The minimum atomic E-state index is -0.399. The molecule has 0 atom stereocenters. The van der Waals surface area contributed by atoms with Gasteiger partial charge in [0.2, 0.25) is 0 Å². The Bertz CT molecular complexity index is 753. The first-order chi connectivity index (χ1) is 12.6. The molecule has 6 nitrogen and oxygen atoms in total. The summed E-state index contributed by atoms with van der Waals surface area (Å²) in [6.07, 6.45) is 2.47. The summed E-state index contributed by atoms with van der Waals surface area (Å²) in [4.78, 5) is 23.8. The maximum atomic E-state index is 12.0. The molecule has 2 aromatic carbocycles. The molecular formula is C20H23N3O3. The van der Waals surface area contributed by atoms with Crippen molar-refractivity contribution in [3.05, 3.63) is 65.2 Å². The quantitative estimate of drug-likeness (QED) is 0.566. The highest BCUT2D eigenvalue weighted by Crippen LogP contribution is 2.12. The number of rotatable bonds is 8. The minimum Gasteiger partial charge on any atom is -0.494 e. The van der Waals surface area contributed by atoms with Crippen molar-refractivity contribution in [2.45, 2.75) is 20.3 Å². The molecule has 0 saturated carbocycles. The van der Waals surface area contributed by atoms with Gasteiger partial charge >= 0.3 is 0 Å². The zero-order valence-electron chi connectivity index (χ0n) is 15.0. The Labute approximate surface area is 153 Å². The van der Waals surface area contributed by atoms with Crippen molar-refractivity contribution in [2.24, 2.45) is 5.10 Å². The molecule has 0 unspecified atom stereocenters. The van der Waals surface area contributed by atoms with Crippen LogP contribution >= 0.6 is 0 Å². The molecule has 2 aromatic rings. The van der Waals surface area contributed by atoms with Crippen molar-refractivity contribution in [3.63, 3.8) is 0 Å². The molecule has 0 aliphatic carbocycles. The van der Waals surface area contributed by atoms with Crippen LogP contribution in [0.25, 0.3) is 0 Å². The number of benzene rings is 2. The van der Waals surface area contributed by atoms with Crippen LogP contribution in [-0.4, -0.2) is 31.2 Å². The number of aryl methyl sites for hydroxylation is 1. The van der Waals surface area contributed by atoms with Crippen LogP contribution in [0.2, 0.25) is 0 Å². The van der Waals surface area contributed by atoms with E-state index in [1.165, 1.54) is 0 Å². The van der Waals surface area contributed by atoms with Crippen LogP contribution in [0.15, 0.2) is 53.6 Å². The van der Waals surface area contributed by atoms with Gasteiger partial charge in [0.1, 0.15) is 5.75 Å². The van der Waals surface area contributed by atoms with Crippen molar-refractivity contribution >= 4 is 18.0 Å². The Morgan fingerprint density at radius 2 is 1.77 bits per heavy atom. The third-order valence-electron chi connectivity index (χ3n) is 3.48. The van der Waals surface area contributed by atoms with Gasteiger partial charge in [0.25, 0.3) is 11.8 Å². The molecule has 0 saturated heterocycles. The van der Waals surface area contributed by atoms with Crippen LogP contribution in [-0.2, 0) is 4.79 Å². The van der Waals surface area contributed by atoms with Crippen LogP contribution in [0.5, 0.6) is 5.75 Å². The number of hydrogen-bond acceptors (Lipinski definition) is 4. The van der Waals surface area contributed by atoms with Crippen LogP contribution < -0.4 is 15.5 Å². The standard InChI is InChI=1S/C20H23N3O3/c1-3-12-26-18-10-8-17(9-11-18)20(25)21-14-19(24)23-22-13-16-6-4-15(2)5-7-16/h4-11,13H,3,12,14H2,1-2H3,(H,21,25)(H,23,24)/b22-13-. The van der Waals surface area contributed by atoms with Crippen molar-refractivity contribution in [3.8, 4) is 5.75 Å². The third-order valence-corrected chi connectivity index (χ3v) is 3.48. The Balaban J connectivity index is 1.75. The van der Waals surface area contributed by atoms with Gasteiger partial charge in [0.15, 0.2) is 0 Å². The lowest BCUT2D eigenvalue weighted by Gasteiger charge is -2.07. The van der Waals surface area contributed by atoms with Crippen molar-refractivity contribution in [1.82, 2.24) is 10.7 Å². The van der Waals surface area contributed by atoms with Crippen molar-refractivity contribution < 1.29 is 14.3 Å². The molecule has 136 valence electrons. The number of hydrogen-bond donors (Lipinski definition) is 2. The fourth-order valence-corrected chi connectivity index (χ4v) is 2.06. The summed E-state index contributed by atoms with van der Waals surface area (Å²) in [6, 6.07) is 14.5. The molecule has 2 amide bonds. The minimum absolute atomic E-state index is 0.155. The lowest BCUT2D eigenvalue weighted by molar-refractivity contribution is -0.120. The predicted molar refractivity (Wildman–Crippen MR) is 101 cm³/mol. The average molecular weight is 353 g/mol. The molecular weight excluding hydrogens is 330 g/mol. The molecule has 0 aromatic heterocycles. The number of nitrogens with one attached hydrogen (secondary N) is 2. The van der Waals surface area contributed by atoms with Crippen molar-refractivity contribution in [2.75, 3.05) is 13.2 Å². The largest absolute Gasteiger partial charge is 0.494 e. The number of ether oxygens (including phenoxy) is 1. The Morgan fingerprint density at radius 1 is 1.08 bits per heavy atom. The van der Waals surface area contributed by atoms with Gasteiger partial charge in [-0.15, -0.1) is 0 Å². The summed E-state index contributed by atoms with van der Waals surface area (Å²) in [5.74, 6) is -0.0131. The number of carbonyl (C=O) groups is 2. The number of hydrazone groups is 1.